The first-order chi connectivity index (χ1) is 15.6. The van der Waals surface area contributed by atoms with Gasteiger partial charge in [0.25, 0.3) is 0 Å². The van der Waals surface area contributed by atoms with E-state index < -0.39 is 11.6 Å². The highest BCUT2D eigenvalue weighted by molar-refractivity contribution is 5.79. The van der Waals surface area contributed by atoms with Crippen LogP contribution in [0, 0.1) is 5.92 Å². The zero-order valence-electron chi connectivity index (χ0n) is 20.6. The van der Waals surface area contributed by atoms with Crippen LogP contribution in [-0.2, 0) is 20.7 Å². The van der Waals surface area contributed by atoms with Crippen molar-refractivity contribution in [1.82, 2.24) is 5.32 Å². The Kier molecular flexibility index (Phi) is 10.0. The number of unbranched alkanes of at least 4 members (excludes halogenated alkanes) is 1. The first kappa shape index (κ1) is 26.5. The van der Waals surface area contributed by atoms with Crippen LogP contribution < -0.4 is 10.1 Å². The molecule has 6 heteroatoms. The van der Waals surface area contributed by atoms with E-state index in [1.165, 1.54) is 13.8 Å². The van der Waals surface area contributed by atoms with E-state index in [-0.39, 0.29) is 18.4 Å². The minimum Gasteiger partial charge on any atom is -0.493 e. The highest BCUT2D eigenvalue weighted by Gasteiger charge is 2.29. The molecule has 2 rings (SSSR count). The molecule has 0 saturated heterocycles. The van der Waals surface area contributed by atoms with Crippen molar-refractivity contribution in [2.45, 2.75) is 84.8 Å². The van der Waals surface area contributed by atoms with Crippen LogP contribution in [0.15, 0.2) is 47.7 Å². The molecular weight excluding hydrogens is 418 g/mol. The van der Waals surface area contributed by atoms with Gasteiger partial charge in [-0.3, -0.25) is 4.79 Å². The van der Waals surface area contributed by atoms with E-state index in [0.29, 0.717) is 18.3 Å². The Morgan fingerprint density at radius 1 is 1.12 bits per heavy atom. The number of nitrogens with one attached hydrogen (secondary N) is 1. The summed E-state index contributed by atoms with van der Waals surface area (Å²) in [4.78, 5) is 24.1. The molecule has 1 aromatic rings. The SMILES string of the molecule is CCCCC(NC(=O)Cc1ccc(OC(C)(C)C(=O)O)cc1)C1=CCCC=C1OCC(C)C. The Hall–Kier alpha value is -2.76. The largest absolute Gasteiger partial charge is 0.493 e. The molecule has 0 aliphatic heterocycles. The third-order valence-electron chi connectivity index (χ3n) is 5.45. The van der Waals surface area contributed by atoms with Gasteiger partial charge in [-0.25, -0.2) is 4.79 Å². The lowest BCUT2D eigenvalue weighted by Gasteiger charge is -2.27. The van der Waals surface area contributed by atoms with E-state index in [2.05, 4.69) is 38.2 Å². The highest BCUT2D eigenvalue weighted by Crippen LogP contribution is 2.26. The van der Waals surface area contributed by atoms with Gasteiger partial charge in [-0.15, -0.1) is 0 Å². The van der Waals surface area contributed by atoms with E-state index in [1.54, 1.807) is 24.3 Å². The summed E-state index contributed by atoms with van der Waals surface area (Å²) in [5, 5.41) is 12.4. The maximum atomic E-state index is 12.9. The van der Waals surface area contributed by atoms with Crippen molar-refractivity contribution in [1.29, 1.82) is 0 Å². The molecule has 1 aliphatic rings. The van der Waals surface area contributed by atoms with Gasteiger partial charge in [0, 0.05) is 5.57 Å². The first-order valence-electron chi connectivity index (χ1n) is 12.0. The predicted octanol–water partition coefficient (Wildman–Crippen LogP) is 5.42. The lowest BCUT2D eigenvalue weighted by molar-refractivity contribution is -0.152. The van der Waals surface area contributed by atoms with Gasteiger partial charge in [0.05, 0.1) is 19.1 Å². The number of amides is 1. The molecule has 0 heterocycles. The standard InChI is InChI=1S/C27H39NO5/c1-6-7-11-23(22-10-8-9-12-24(22)32-18-19(2)3)28-25(29)17-20-13-15-21(16-14-20)33-27(4,5)26(30)31/h10,12-16,19,23H,6-9,11,17-18H2,1-5H3,(H,28,29)(H,30,31). The van der Waals surface area contributed by atoms with Crippen molar-refractivity contribution in [2.75, 3.05) is 6.61 Å². The van der Waals surface area contributed by atoms with Gasteiger partial charge in [-0.05, 0) is 62.8 Å². The van der Waals surface area contributed by atoms with Crippen molar-refractivity contribution < 1.29 is 24.2 Å². The summed E-state index contributed by atoms with van der Waals surface area (Å²) in [5.41, 5.74) is 0.608. The predicted molar refractivity (Wildman–Crippen MR) is 130 cm³/mol. The van der Waals surface area contributed by atoms with Crippen molar-refractivity contribution >= 4 is 11.9 Å². The van der Waals surface area contributed by atoms with E-state index >= 15 is 0 Å². The maximum Gasteiger partial charge on any atom is 0.347 e. The Bertz CT molecular complexity index is 852. The number of hydrogen-bond donors (Lipinski definition) is 2. The number of hydrogen-bond acceptors (Lipinski definition) is 4. The van der Waals surface area contributed by atoms with Crippen LogP contribution in [0.25, 0.3) is 0 Å². The van der Waals surface area contributed by atoms with E-state index in [9.17, 15) is 14.7 Å². The van der Waals surface area contributed by atoms with E-state index in [4.69, 9.17) is 9.47 Å². The molecule has 182 valence electrons. The van der Waals surface area contributed by atoms with Crippen LogP contribution in [0.1, 0.15) is 72.3 Å². The maximum absolute atomic E-state index is 12.9. The second-order valence-electron chi connectivity index (χ2n) is 9.51. The van der Waals surface area contributed by atoms with Crippen LogP contribution in [0.4, 0.5) is 0 Å². The molecule has 0 saturated carbocycles. The number of carboxylic acids is 1. The number of aliphatic carboxylic acids is 1. The Balaban J connectivity index is 2.04. The first-order valence-corrected chi connectivity index (χ1v) is 12.0. The fraction of sp³-hybridized carbons (Fsp3) is 0.556. The van der Waals surface area contributed by atoms with Gasteiger partial charge < -0.3 is 19.9 Å². The molecule has 6 nitrogen and oxygen atoms in total. The molecule has 1 aromatic carbocycles. The van der Waals surface area contributed by atoms with Crippen LogP contribution in [0.3, 0.4) is 0 Å². The number of carbonyl (C=O) groups is 2. The number of benzene rings is 1. The monoisotopic (exact) mass is 457 g/mol. The average molecular weight is 458 g/mol. The average Bonchev–Trinajstić information content (AvgIpc) is 2.76. The summed E-state index contributed by atoms with van der Waals surface area (Å²) >= 11 is 0. The molecule has 1 atom stereocenters. The molecule has 0 spiro atoms. The normalized spacial score (nSPS) is 14.8. The van der Waals surface area contributed by atoms with Crippen molar-refractivity contribution in [3.8, 4) is 5.75 Å². The summed E-state index contributed by atoms with van der Waals surface area (Å²) in [6, 6.07) is 6.92. The molecule has 0 fully saturated rings. The Morgan fingerprint density at radius 3 is 2.39 bits per heavy atom. The topological polar surface area (TPSA) is 84.9 Å². The third kappa shape index (κ3) is 8.60. The molecular formula is C27H39NO5. The lowest BCUT2D eigenvalue weighted by atomic mass is 9.94. The third-order valence-corrected chi connectivity index (χ3v) is 5.45. The fourth-order valence-corrected chi connectivity index (χ4v) is 3.54. The van der Waals surface area contributed by atoms with Gasteiger partial charge in [-0.1, -0.05) is 51.8 Å². The van der Waals surface area contributed by atoms with Crippen LogP contribution in [-0.4, -0.2) is 35.2 Å². The second kappa shape index (κ2) is 12.5. The van der Waals surface area contributed by atoms with Crippen LogP contribution in [0.5, 0.6) is 5.75 Å². The summed E-state index contributed by atoms with van der Waals surface area (Å²) in [6.07, 6.45) is 9.44. The van der Waals surface area contributed by atoms with Gasteiger partial charge in [0.1, 0.15) is 11.5 Å². The number of allylic oxidation sites excluding steroid dienone is 2. The van der Waals surface area contributed by atoms with Gasteiger partial charge in [-0.2, -0.15) is 0 Å². The quantitative estimate of drug-likeness (QED) is 0.413. The lowest BCUT2D eigenvalue weighted by Crippen LogP contribution is -2.38. The van der Waals surface area contributed by atoms with E-state index in [1.807, 2.05) is 0 Å². The smallest absolute Gasteiger partial charge is 0.347 e. The minimum atomic E-state index is -1.32. The van der Waals surface area contributed by atoms with Crippen LogP contribution >= 0.6 is 0 Å². The number of carbonyl (C=O) groups excluding carboxylic acids is 1. The molecule has 33 heavy (non-hydrogen) atoms. The molecule has 1 aliphatic carbocycles. The summed E-state index contributed by atoms with van der Waals surface area (Å²) in [6.45, 7) is 10.1. The molecule has 2 N–H and O–H groups in total. The second-order valence-corrected chi connectivity index (χ2v) is 9.51. The molecule has 1 amide bonds. The van der Waals surface area contributed by atoms with Crippen molar-refractivity contribution in [3.63, 3.8) is 0 Å². The minimum absolute atomic E-state index is 0.0506. The summed E-state index contributed by atoms with van der Waals surface area (Å²) in [5.74, 6) is 0.707. The molecule has 0 radical (unpaired) electrons. The zero-order chi connectivity index (χ0) is 24.4. The van der Waals surface area contributed by atoms with Crippen LogP contribution in [0.2, 0.25) is 0 Å². The van der Waals surface area contributed by atoms with Gasteiger partial charge in [0.2, 0.25) is 5.91 Å². The molecule has 0 bridgehead atoms. The van der Waals surface area contributed by atoms with E-state index in [0.717, 1.165) is 49.0 Å². The molecule has 1 unspecified atom stereocenters. The molecule has 0 aromatic heterocycles. The van der Waals surface area contributed by atoms with Crippen molar-refractivity contribution in [3.05, 3.63) is 53.3 Å². The Morgan fingerprint density at radius 2 is 1.79 bits per heavy atom. The summed E-state index contributed by atoms with van der Waals surface area (Å²) in [7, 11) is 0. The number of carboxylic acid groups (broad SMARTS) is 1. The highest BCUT2D eigenvalue weighted by atomic mass is 16.5. The summed E-state index contributed by atoms with van der Waals surface area (Å²) < 4.78 is 11.6. The van der Waals surface area contributed by atoms with Crippen molar-refractivity contribution in [2.24, 2.45) is 5.92 Å². The van der Waals surface area contributed by atoms with Gasteiger partial charge in [0.15, 0.2) is 5.60 Å². The van der Waals surface area contributed by atoms with Gasteiger partial charge >= 0.3 is 5.97 Å². The number of rotatable bonds is 13. The number of ether oxygens (including phenoxy) is 2. The Labute approximate surface area is 198 Å². The fourth-order valence-electron chi connectivity index (χ4n) is 3.54. The zero-order valence-corrected chi connectivity index (χ0v) is 20.6.